The van der Waals surface area contributed by atoms with E-state index in [4.69, 9.17) is 9.47 Å². The van der Waals surface area contributed by atoms with Crippen LogP contribution in [-0.4, -0.2) is 29.5 Å². The van der Waals surface area contributed by atoms with E-state index in [1.807, 2.05) is 77.4 Å². The summed E-state index contributed by atoms with van der Waals surface area (Å²) < 4.78 is 15.0. The van der Waals surface area contributed by atoms with Crippen LogP contribution in [0.25, 0.3) is 50.3 Å². The molecule has 4 aromatic carbocycles. The molecule has 0 atom stereocenters. The average molecular weight is 878 g/mol. The molecule has 0 radical (unpaired) electrons. The Bertz CT molecular complexity index is 2340. The van der Waals surface area contributed by atoms with Gasteiger partial charge in [0.15, 0.2) is 0 Å². The molecule has 0 aliphatic rings. The van der Waals surface area contributed by atoms with Crippen LogP contribution in [0.4, 0.5) is 0 Å². The van der Waals surface area contributed by atoms with Gasteiger partial charge >= 0.3 is 40.8 Å². The van der Waals surface area contributed by atoms with Crippen LogP contribution in [0.15, 0.2) is 110 Å². The zero-order valence-electron chi connectivity index (χ0n) is 29.2. The second kappa shape index (κ2) is 16.3. The largest absolute Gasteiger partial charge is 2.00 e. The molecule has 0 saturated carbocycles. The van der Waals surface area contributed by atoms with E-state index in [9.17, 15) is 0 Å². The molecule has 0 fully saturated rings. The van der Waals surface area contributed by atoms with E-state index >= 15 is 0 Å². The maximum absolute atomic E-state index is 6.50. The molecule has 8 aromatic rings. The van der Waals surface area contributed by atoms with Crippen molar-refractivity contribution in [2.75, 3.05) is 0 Å². The van der Waals surface area contributed by atoms with Gasteiger partial charge < -0.3 is 24.0 Å². The van der Waals surface area contributed by atoms with Gasteiger partial charge in [-0.05, 0) is 35.4 Å². The van der Waals surface area contributed by atoms with E-state index in [2.05, 4.69) is 89.0 Å². The number of ether oxygens (including phenoxy) is 2. The molecule has 0 aliphatic carbocycles. The molecule has 0 aliphatic heterocycles. The Hall–Kier alpha value is -5.09. The van der Waals surface area contributed by atoms with Gasteiger partial charge in [0, 0.05) is 35.4 Å². The molecule has 4 aromatic heterocycles. The number of benzene rings is 4. The Kier molecular flexibility index (Phi) is 11.6. The van der Waals surface area contributed by atoms with E-state index in [1.54, 1.807) is 12.4 Å². The van der Waals surface area contributed by atoms with Crippen LogP contribution in [0.2, 0.25) is 0 Å². The molecule has 10 heteroatoms. The third-order valence-corrected chi connectivity index (χ3v) is 8.59. The Morgan fingerprint density at radius 2 is 1.00 bits per heavy atom. The minimum Gasteiger partial charge on any atom is -0.503 e. The summed E-state index contributed by atoms with van der Waals surface area (Å²) in [5, 5.41) is 2.07. The fourth-order valence-corrected chi connectivity index (χ4v) is 6.27. The molecule has 53 heavy (non-hydrogen) atoms. The predicted octanol–water partition coefficient (Wildman–Crippen LogP) is 10.1. The van der Waals surface area contributed by atoms with E-state index < -0.39 is 0 Å². The summed E-state index contributed by atoms with van der Waals surface area (Å²) in [6, 6.07) is 41.2. The summed E-state index contributed by atoms with van der Waals surface area (Å²) in [5.41, 5.74) is 7.02. The standard InChI is InChI=1S/C43H32N6O2.2Pd/c1-27(2)35-21-33(50-31-13-9-11-29(19-31)37-15-5-7-17-45-37)23-39-41(35)42-36(28(3)4)22-34(24-40(42)49(39)43-47-25-44-26-48-43)51-32-14-10-12-30(20-32)38-16-6-8-18-46-38;;/h5-18,21-22,25-28H,1-4H3;;/q-4;2*+2. The van der Waals surface area contributed by atoms with Gasteiger partial charge in [-0.2, -0.15) is 21.9 Å². The number of rotatable bonds is 9. The fourth-order valence-electron chi connectivity index (χ4n) is 6.27. The number of hydrogen-bond donors (Lipinski definition) is 0. The second-order valence-corrected chi connectivity index (χ2v) is 12.7. The van der Waals surface area contributed by atoms with Gasteiger partial charge in [0.2, 0.25) is 5.95 Å². The Morgan fingerprint density at radius 1 is 0.528 bits per heavy atom. The molecule has 0 unspecified atom stereocenters. The van der Waals surface area contributed by atoms with Crippen molar-refractivity contribution in [3.63, 3.8) is 0 Å². The van der Waals surface area contributed by atoms with Crippen LogP contribution >= 0.6 is 0 Å². The first-order valence-electron chi connectivity index (χ1n) is 16.8. The SMILES string of the molecule is CC(C)c1cc(Oc2[c-]c(-c3ccccn3)ccc2)[c-]c2c1c1c(C(C)C)cc(Oc3[c-]c(-c4ccccn4)ccc3)[c-]c1n2-c1ncncn1.[Pd+2].[Pd+2]. The molecule has 4 heterocycles. The van der Waals surface area contributed by atoms with Crippen molar-refractivity contribution < 1.29 is 50.3 Å². The summed E-state index contributed by atoms with van der Waals surface area (Å²) in [6.45, 7) is 8.72. The van der Waals surface area contributed by atoms with Crippen LogP contribution in [-0.2, 0) is 40.8 Å². The van der Waals surface area contributed by atoms with Crippen molar-refractivity contribution in [3.05, 3.63) is 145 Å². The summed E-state index contributed by atoms with van der Waals surface area (Å²) in [4.78, 5) is 22.2. The Labute approximate surface area is 336 Å². The van der Waals surface area contributed by atoms with Gasteiger partial charge in [-0.1, -0.05) is 75.1 Å². The third kappa shape index (κ3) is 7.69. The first kappa shape index (κ1) is 37.7. The Balaban J connectivity index is 0.00000240. The number of aromatic nitrogens is 6. The smallest absolute Gasteiger partial charge is 0.503 e. The topological polar surface area (TPSA) is 87.8 Å². The summed E-state index contributed by atoms with van der Waals surface area (Å²) in [5.74, 6) is 2.92. The fraction of sp³-hybridized carbons (Fsp3) is 0.140. The molecule has 266 valence electrons. The third-order valence-electron chi connectivity index (χ3n) is 8.59. The van der Waals surface area contributed by atoms with E-state index in [-0.39, 0.29) is 52.7 Å². The summed E-state index contributed by atoms with van der Waals surface area (Å²) in [7, 11) is 0. The minimum absolute atomic E-state index is 0. The van der Waals surface area contributed by atoms with Crippen molar-refractivity contribution in [2.45, 2.75) is 39.5 Å². The zero-order chi connectivity index (χ0) is 34.9. The van der Waals surface area contributed by atoms with Gasteiger partial charge in [-0.25, -0.2) is 15.0 Å². The number of pyridine rings is 2. The van der Waals surface area contributed by atoms with Gasteiger partial charge in [-0.15, -0.1) is 71.8 Å². The molecular formula is C43H32N6O2Pd2. The number of nitrogens with zero attached hydrogens (tertiary/aromatic N) is 6. The minimum atomic E-state index is 0. The van der Waals surface area contributed by atoms with Crippen LogP contribution in [0.1, 0.15) is 50.7 Å². The van der Waals surface area contributed by atoms with E-state index in [1.165, 1.54) is 12.7 Å². The molecular weight excluding hydrogens is 845 g/mol. The number of fused-ring (bicyclic) bond motifs is 3. The normalized spacial score (nSPS) is 11.1. The van der Waals surface area contributed by atoms with E-state index in [0.29, 0.717) is 28.9 Å². The first-order chi connectivity index (χ1) is 24.9. The molecule has 0 N–H and O–H groups in total. The van der Waals surface area contributed by atoms with Crippen molar-refractivity contribution in [2.24, 2.45) is 0 Å². The van der Waals surface area contributed by atoms with Gasteiger partial charge in [-0.3, -0.25) is 0 Å². The van der Waals surface area contributed by atoms with Crippen molar-refractivity contribution >= 4 is 21.8 Å². The second-order valence-electron chi connectivity index (χ2n) is 12.7. The van der Waals surface area contributed by atoms with Crippen LogP contribution in [0.5, 0.6) is 23.0 Å². The first-order valence-corrected chi connectivity index (χ1v) is 16.8. The van der Waals surface area contributed by atoms with Crippen LogP contribution < -0.4 is 9.47 Å². The van der Waals surface area contributed by atoms with Gasteiger partial charge in [0.25, 0.3) is 0 Å². The maximum Gasteiger partial charge on any atom is 2.00 e. The summed E-state index contributed by atoms with van der Waals surface area (Å²) >= 11 is 0. The zero-order valence-corrected chi connectivity index (χ0v) is 32.3. The monoisotopic (exact) mass is 876 g/mol. The molecule has 0 amide bonds. The summed E-state index contributed by atoms with van der Waals surface area (Å²) in [6.07, 6.45) is 6.51. The Morgan fingerprint density at radius 3 is 1.42 bits per heavy atom. The number of hydrogen-bond acceptors (Lipinski definition) is 7. The van der Waals surface area contributed by atoms with Crippen molar-refractivity contribution in [1.82, 2.24) is 29.5 Å². The quantitative estimate of drug-likeness (QED) is 0.105. The molecule has 0 saturated heterocycles. The average Bonchev–Trinajstić information content (AvgIpc) is 3.49. The molecule has 0 spiro atoms. The maximum atomic E-state index is 6.50. The van der Waals surface area contributed by atoms with Crippen LogP contribution in [0.3, 0.4) is 0 Å². The van der Waals surface area contributed by atoms with Gasteiger partial charge in [0.1, 0.15) is 12.7 Å². The van der Waals surface area contributed by atoms with E-state index in [0.717, 1.165) is 55.4 Å². The molecule has 8 nitrogen and oxygen atoms in total. The van der Waals surface area contributed by atoms with Crippen LogP contribution in [0, 0.1) is 24.3 Å². The van der Waals surface area contributed by atoms with Crippen molar-refractivity contribution in [3.8, 4) is 51.5 Å². The van der Waals surface area contributed by atoms with Crippen molar-refractivity contribution in [1.29, 1.82) is 0 Å². The molecule has 8 rings (SSSR count). The molecule has 0 bridgehead atoms. The van der Waals surface area contributed by atoms with Gasteiger partial charge in [0.05, 0.1) is 0 Å². The predicted molar refractivity (Wildman–Crippen MR) is 197 cm³/mol.